The lowest BCUT2D eigenvalue weighted by atomic mass is 9.99. The van der Waals surface area contributed by atoms with E-state index in [1.54, 1.807) is 6.20 Å². The molecule has 0 saturated carbocycles. The van der Waals surface area contributed by atoms with E-state index in [1.165, 1.54) is 22.9 Å². The number of rotatable bonds is 3. The molecule has 2 atom stereocenters. The van der Waals surface area contributed by atoms with Gasteiger partial charge < -0.3 is 15.4 Å². The summed E-state index contributed by atoms with van der Waals surface area (Å²) in [5.41, 5.74) is 9.03. The fraction of sp³-hybridized carbons (Fsp3) is 0.389. The van der Waals surface area contributed by atoms with Gasteiger partial charge in [0.25, 0.3) is 5.91 Å². The van der Waals surface area contributed by atoms with E-state index in [1.807, 2.05) is 0 Å². The molecule has 1 aliphatic rings. The zero-order valence-corrected chi connectivity index (χ0v) is 14.2. The molecule has 1 aromatic carbocycles. The fourth-order valence-electron chi connectivity index (χ4n) is 2.97. The van der Waals surface area contributed by atoms with E-state index in [0.717, 1.165) is 5.82 Å². The van der Waals surface area contributed by atoms with Gasteiger partial charge in [0, 0.05) is 0 Å². The standard InChI is InChI=1S/C18H22N4O2/c1-11-4-5-12(2)14(6-11)16-9-22(13(3)10-24-16)17-8-20-15(7-21-17)18(19)23/h4-8,13,16H,9-10H2,1-3H3,(H2,19,23)/t13-,16-/m1/s1. The molecule has 6 heteroatoms. The summed E-state index contributed by atoms with van der Waals surface area (Å²) in [6, 6.07) is 6.59. The lowest BCUT2D eigenvalue weighted by Gasteiger charge is -2.39. The lowest BCUT2D eigenvalue weighted by molar-refractivity contribution is 0.0208. The largest absolute Gasteiger partial charge is 0.370 e. The molecule has 0 radical (unpaired) electrons. The molecule has 6 nitrogen and oxygen atoms in total. The summed E-state index contributed by atoms with van der Waals surface area (Å²) in [5, 5.41) is 0. The Balaban J connectivity index is 1.85. The first-order valence-corrected chi connectivity index (χ1v) is 8.03. The summed E-state index contributed by atoms with van der Waals surface area (Å²) < 4.78 is 6.06. The van der Waals surface area contributed by atoms with Crippen molar-refractivity contribution in [3.05, 3.63) is 53.0 Å². The zero-order chi connectivity index (χ0) is 17.3. The molecule has 1 fully saturated rings. The van der Waals surface area contributed by atoms with Crippen LogP contribution in [-0.4, -0.2) is 35.1 Å². The van der Waals surface area contributed by atoms with E-state index in [9.17, 15) is 4.79 Å². The van der Waals surface area contributed by atoms with Crippen molar-refractivity contribution >= 4 is 11.7 Å². The molecule has 1 saturated heterocycles. The van der Waals surface area contributed by atoms with E-state index in [2.05, 4.69) is 53.8 Å². The molecule has 0 spiro atoms. The van der Waals surface area contributed by atoms with Gasteiger partial charge in [-0.1, -0.05) is 23.8 Å². The van der Waals surface area contributed by atoms with Gasteiger partial charge in [0.15, 0.2) is 0 Å². The third-order valence-electron chi connectivity index (χ3n) is 4.40. The average molecular weight is 326 g/mol. The second kappa shape index (κ2) is 6.57. The summed E-state index contributed by atoms with van der Waals surface area (Å²) in [5.74, 6) is 0.156. The van der Waals surface area contributed by atoms with E-state index in [-0.39, 0.29) is 17.8 Å². The number of aryl methyl sites for hydroxylation is 2. The van der Waals surface area contributed by atoms with Crippen LogP contribution in [0.1, 0.15) is 40.2 Å². The molecule has 24 heavy (non-hydrogen) atoms. The van der Waals surface area contributed by atoms with Gasteiger partial charge in [0.05, 0.1) is 31.6 Å². The molecule has 2 N–H and O–H groups in total. The third-order valence-corrected chi connectivity index (χ3v) is 4.40. The topological polar surface area (TPSA) is 81.3 Å². The van der Waals surface area contributed by atoms with Crippen LogP contribution in [0, 0.1) is 13.8 Å². The highest BCUT2D eigenvalue weighted by Crippen LogP contribution is 2.30. The number of carbonyl (C=O) groups is 1. The van der Waals surface area contributed by atoms with Gasteiger partial charge in [-0.25, -0.2) is 9.97 Å². The molecular weight excluding hydrogens is 304 g/mol. The van der Waals surface area contributed by atoms with Gasteiger partial charge in [-0.15, -0.1) is 0 Å². The van der Waals surface area contributed by atoms with Crippen molar-refractivity contribution in [2.45, 2.75) is 32.9 Å². The zero-order valence-electron chi connectivity index (χ0n) is 14.2. The molecule has 1 amide bonds. The van der Waals surface area contributed by atoms with Crippen molar-refractivity contribution in [2.24, 2.45) is 5.73 Å². The molecule has 126 valence electrons. The van der Waals surface area contributed by atoms with E-state index >= 15 is 0 Å². The minimum atomic E-state index is -0.572. The molecule has 3 rings (SSSR count). The third kappa shape index (κ3) is 3.23. The molecule has 2 aromatic rings. The smallest absolute Gasteiger partial charge is 0.268 e. The van der Waals surface area contributed by atoms with Crippen molar-refractivity contribution in [3.63, 3.8) is 0 Å². The van der Waals surface area contributed by atoms with Gasteiger partial charge in [0.1, 0.15) is 17.6 Å². The molecule has 2 heterocycles. The summed E-state index contributed by atoms with van der Waals surface area (Å²) in [7, 11) is 0. The quantitative estimate of drug-likeness (QED) is 0.935. The van der Waals surface area contributed by atoms with Crippen molar-refractivity contribution < 1.29 is 9.53 Å². The van der Waals surface area contributed by atoms with Crippen LogP contribution in [-0.2, 0) is 4.74 Å². The summed E-state index contributed by atoms with van der Waals surface area (Å²) >= 11 is 0. The minimum absolute atomic E-state index is 0.0151. The van der Waals surface area contributed by atoms with E-state index in [4.69, 9.17) is 10.5 Å². The number of ether oxygens (including phenoxy) is 1. The van der Waals surface area contributed by atoms with Crippen LogP contribution >= 0.6 is 0 Å². The SMILES string of the molecule is Cc1ccc(C)c([C@H]2CN(c3cnc(C(N)=O)cn3)[C@H](C)CO2)c1. The summed E-state index contributed by atoms with van der Waals surface area (Å²) in [6.07, 6.45) is 3.01. The van der Waals surface area contributed by atoms with E-state index in [0.29, 0.717) is 13.2 Å². The predicted octanol–water partition coefficient (Wildman–Crippen LogP) is 2.16. The van der Waals surface area contributed by atoms with Gasteiger partial charge in [0.2, 0.25) is 0 Å². The predicted molar refractivity (Wildman–Crippen MR) is 92.0 cm³/mol. The second-order valence-corrected chi connectivity index (χ2v) is 6.31. The number of hydrogen-bond donors (Lipinski definition) is 1. The number of morpholine rings is 1. The number of nitrogens with zero attached hydrogens (tertiary/aromatic N) is 3. The number of hydrogen-bond acceptors (Lipinski definition) is 5. The summed E-state index contributed by atoms with van der Waals surface area (Å²) in [4.78, 5) is 21.8. The molecule has 0 unspecified atom stereocenters. The van der Waals surface area contributed by atoms with Crippen LogP contribution in [0.5, 0.6) is 0 Å². The molecular formula is C18H22N4O2. The highest BCUT2D eigenvalue weighted by Gasteiger charge is 2.29. The Kier molecular flexibility index (Phi) is 4.49. The Morgan fingerprint density at radius 3 is 2.75 bits per heavy atom. The van der Waals surface area contributed by atoms with Crippen LogP contribution < -0.4 is 10.6 Å². The van der Waals surface area contributed by atoms with Gasteiger partial charge >= 0.3 is 0 Å². The Labute approximate surface area is 141 Å². The van der Waals surface area contributed by atoms with Crippen molar-refractivity contribution in [1.82, 2.24) is 9.97 Å². The Morgan fingerprint density at radius 1 is 1.29 bits per heavy atom. The maximum atomic E-state index is 11.1. The van der Waals surface area contributed by atoms with Gasteiger partial charge in [-0.05, 0) is 31.9 Å². The number of benzene rings is 1. The monoisotopic (exact) mass is 326 g/mol. The molecule has 1 aliphatic heterocycles. The fourth-order valence-corrected chi connectivity index (χ4v) is 2.97. The Hall–Kier alpha value is -2.47. The van der Waals surface area contributed by atoms with Gasteiger partial charge in [-0.3, -0.25) is 4.79 Å². The number of carbonyl (C=O) groups excluding carboxylic acids is 1. The normalized spacial score (nSPS) is 20.9. The maximum absolute atomic E-state index is 11.1. The minimum Gasteiger partial charge on any atom is -0.370 e. The highest BCUT2D eigenvalue weighted by molar-refractivity contribution is 5.90. The van der Waals surface area contributed by atoms with Crippen LogP contribution in [0.15, 0.2) is 30.6 Å². The first-order valence-electron chi connectivity index (χ1n) is 8.03. The van der Waals surface area contributed by atoms with E-state index < -0.39 is 5.91 Å². The van der Waals surface area contributed by atoms with Crippen LogP contribution in [0.3, 0.4) is 0 Å². The molecule has 0 bridgehead atoms. The first kappa shape index (κ1) is 16.4. The maximum Gasteiger partial charge on any atom is 0.268 e. The second-order valence-electron chi connectivity index (χ2n) is 6.31. The number of primary amides is 1. The molecule has 1 aromatic heterocycles. The Morgan fingerprint density at radius 2 is 2.08 bits per heavy atom. The molecule has 0 aliphatic carbocycles. The van der Waals surface area contributed by atoms with Crippen LogP contribution in [0.4, 0.5) is 5.82 Å². The van der Waals surface area contributed by atoms with Crippen molar-refractivity contribution in [3.8, 4) is 0 Å². The van der Waals surface area contributed by atoms with Crippen molar-refractivity contribution in [1.29, 1.82) is 0 Å². The average Bonchev–Trinajstić information content (AvgIpc) is 2.58. The lowest BCUT2D eigenvalue weighted by Crippen LogP contribution is -2.45. The number of amides is 1. The van der Waals surface area contributed by atoms with Crippen LogP contribution in [0.2, 0.25) is 0 Å². The number of anilines is 1. The number of nitrogens with two attached hydrogens (primary N) is 1. The number of aromatic nitrogens is 2. The van der Waals surface area contributed by atoms with Gasteiger partial charge in [-0.2, -0.15) is 0 Å². The van der Waals surface area contributed by atoms with Crippen molar-refractivity contribution in [2.75, 3.05) is 18.1 Å². The summed E-state index contributed by atoms with van der Waals surface area (Å²) in [6.45, 7) is 7.57. The first-order chi connectivity index (χ1) is 11.5. The Bertz CT molecular complexity index is 745. The highest BCUT2D eigenvalue weighted by atomic mass is 16.5. The van der Waals surface area contributed by atoms with Crippen LogP contribution in [0.25, 0.3) is 0 Å².